The Morgan fingerprint density at radius 2 is 2.17 bits per heavy atom. The Labute approximate surface area is 145 Å². The Hall–Kier alpha value is -2.21. The lowest BCUT2D eigenvalue weighted by atomic mass is 10.1. The number of benzene rings is 1. The van der Waals surface area contributed by atoms with Crippen LogP contribution in [0.4, 0.5) is 5.13 Å². The highest BCUT2D eigenvalue weighted by Gasteiger charge is 2.34. The SMILES string of the molecule is CCCCN1CC(C(=O)Nc2nc(-c3ccccc3)cs2)CC1=O. The molecule has 1 aromatic carbocycles. The van der Waals surface area contributed by atoms with Crippen LogP contribution in [0.15, 0.2) is 35.7 Å². The zero-order valence-corrected chi connectivity index (χ0v) is 14.5. The molecular formula is C18H21N3O2S. The average Bonchev–Trinajstić information content (AvgIpc) is 3.20. The number of likely N-dealkylation sites (tertiary alicyclic amines) is 1. The molecule has 1 aromatic heterocycles. The van der Waals surface area contributed by atoms with Crippen molar-refractivity contribution in [3.8, 4) is 11.3 Å². The van der Waals surface area contributed by atoms with Crippen LogP contribution in [0.1, 0.15) is 26.2 Å². The molecule has 6 heteroatoms. The van der Waals surface area contributed by atoms with Crippen LogP contribution < -0.4 is 5.32 Å². The molecule has 5 nitrogen and oxygen atoms in total. The van der Waals surface area contributed by atoms with Crippen molar-refractivity contribution in [1.82, 2.24) is 9.88 Å². The van der Waals surface area contributed by atoms with Crippen LogP contribution >= 0.6 is 11.3 Å². The second-order valence-corrected chi connectivity index (χ2v) is 6.85. The largest absolute Gasteiger partial charge is 0.342 e. The van der Waals surface area contributed by atoms with Crippen molar-refractivity contribution in [2.24, 2.45) is 5.92 Å². The van der Waals surface area contributed by atoms with Gasteiger partial charge in [0.25, 0.3) is 0 Å². The van der Waals surface area contributed by atoms with E-state index in [0.29, 0.717) is 18.1 Å². The molecule has 2 aromatic rings. The van der Waals surface area contributed by atoms with Gasteiger partial charge in [0.1, 0.15) is 0 Å². The van der Waals surface area contributed by atoms with Crippen molar-refractivity contribution < 1.29 is 9.59 Å². The molecule has 1 fully saturated rings. The average molecular weight is 343 g/mol. The number of nitrogens with zero attached hydrogens (tertiary/aromatic N) is 2. The predicted octanol–water partition coefficient (Wildman–Crippen LogP) is 3.40. The molecule has 126 valence electrons. The van der Waals surface area contributed by atoms with Gasteiger partial charge < -0.3 is 10.2 Å². The van der Waals surface area contributed by atoms with Crippen LogP contribution in [0.2, 0.25) is 0 Å². The zero-order valence-electron chi connectivity index (χ0n) is 13.7. The topological polar surface area (TPSA) is 62.3 Å². The number of aromatic nitrogens is 1. The highest BCUT2D eigenvalue weighted by atomic mass is 32.1. The van der Waals surface area contributed by atoms with E-state index in [1.54, 1.807) is 4.90 Å². The first-order chi connectivity index (χ1) is 11.7. The number of nitrogens with one attached hydrogen (secondary N) is 1. The van der Waals surface area contributed by atoms with Gasteiger partial charge in [0.15, 0.2) is 5.13 Å². The molecular weight excluding hydrogens is 322 g/mol. The van der Waals surface area contributed by atoms with E-state index in [0.717, 1.165) is 30.6 Å². The quantitative estimate of drug-likeness (QED) is 0.874. The molecule has 0 spiro atoms. The van der Waals surface area contributed by atoms with E-state index in [2.05, 4.69) is 17.2 Å². The zero-order chi connectivity index (χ0) is 16.9. The summed E-state index contributed by atoms with van der Waals surface area (Å²) in [6.45, 7) is 3.35. The summed E-state index contributed by atoms with van der Waals surface area (Å²) in [5.41, 5.74) is 1.87. The van der Waals surface area contributed by atoms with Crippen molar-refractivity contribution >= 4 is 28.3 Å². The maximum atomic E-state index is 12.4. The Bertz CT molecular complexity index is 714. The van der Waals surface area contributed by atoms with Crippen LogP contribution in [-0.2, 0) is 9.59 Å². The first-order valence-electron chi connectivity index (χ1n) is 8.27. The van der Waals surface area contributed by atoms with E-state index in [1.165, 1.54) is 11.3 Å². The van der Waals surface area contributed by atoms with Crippen LogP contribution in [0.5, 0.6) is 0 Å². The van der Waals surface area contributed by atoms with Crippen molar-refractivity contribution in [2.45, 2.75) is 26.2 Å². The van der Waals surface area contributed by atoms with Gasteiger partial charge >= 0.3 is 0 Å². The van der Waals surface area contributed by atoms with Crippen molar-refractivity contribution in [2.75, 3.05) is 18.4 Å². The highest BCUT2D eigenvalue weighted by molar-refractivity contribution is 7.14. The normalized spacial score (nSPS) is 17.3. The number of rotatable bonds is 6. The lowest BCUT2D eigenvalue weighted by molar-refractivity contribution is -0.128. The van der Waals surface area contributed by atoms with E-state index >= 15 is 0 Å². The summed E-state index contributed by atoms with van der Waals surface area (Å²) in [6, 6.07) is 9.85. The summed E-state index contributed by atoms with van der Waals surface area (Å²) in [5, 5.41) is 5.37. The summed E-state index contributed by atoms with van der Waals surface area (Å²) in [7, 11) is 0. The minimum atomic E-state index is -0.279. The van der Waals surface area contributed by atoms with E-state index in [1.807, 2.05) is 35.7 Å². The van der Waals surface area contributed by atoms with Gasteiger partial charge in [-0.2, -0.15) is 0 Å². The van der Waals surface area contributed by atoms with Crippen LogP contribution in [0, 0.1) is 5.92 Å². The summed E-state index contributed by atoms with van der Waals surface area (Å²) >= 11 is 1.41. The lowest BCUT2D eigenvalue weighted by Gasteiger charge is -2.15. The van der Waals surface area contributed by atoms with Gasteiger partial charge in [-0.1, -0.05) is 43.7 Å². The minimum Gasteiger partial charge on any atom is -0.342 e. The monoisotopic (exact) mass is 343 g/mol. The molecule has 1 unspecified atom stereocenters. The molecule has 2 heterocycles. The fourth-order valence-electron chi connectivity index (χ4n) is 2.79. The van der Waals surface area contributed by atoms with Gasteiger partial charge in [-0.3, -0.25) is 9.59 Å². The van der Waals surface area contributed by atoms with Gasteiger partial charge in [-0.25, -0.2) is 4.98 Å². The number of unbranched alkanes of at least 4 members (excludes halogenated alkanes) is 1. The second-order valence-electron chi connectivity index (χ2n) is 5.99. The molecule has 1 aliphatic heterocycles. The number of amides is 2. The third-order valence-corrected chi connectivity index (χ3v) is 4.93. The fraction of sp³-hybridized carbons (Fsp3) is 0.389. The van der Waals surface area contributed by atoms with Crippen LogP contribution in [0.25, 0.3) is 11.3 Å². The fourth-order valence-corrected chi connectivity index (χ4v) is 3.52. The third kappa shape index (κ3) is 3.82. The van der Waals surface area contributed by atoms with Gasteiger partial charge in [-0.15, -0.1) is 11.3 Å². The number of carbonyl (C=O) groups excluding carboxylic acids is 2. The van der Waals surface area contributed by atoms with E-state index < -0.39 is 0 Å². The minimum absolute atomic E-state index is 0.0766. The number of anilines is 1. The van der Waals surface area contributed by atoms with Crippen molar-refractivity contribution in [3.05, 3.63) is 35.7 Å². The molecule has 0 aliphatic carbocycles. The second kappa shape index (κ2) is 7.57. The molecule has 1 atom stereocenters. The molecule has 1 aliphatic rings. The van der Waals surface area contributed by atoms with Gasteiger partial charge in [0.05, 0.1) is 11.6 Å². The van der Waals surface area contributed by atoms with Crippen molar-refractivity contribution in [3.63, 3.8) is 0 Å². The molecule has 0 bridgehead atoms. The number of hydrogen-bond acceptors (Lipinski definition) is 4. The van der Waals surface area contributed by atoms with Gasteiger partial charge in [-0.05, 0) is 6.42 Å². The number of carbonyl (C=O) groups is 2. The molecule has 0 radical (unpaired) electrons. The summed E-state index contributed by atoms with van der Waals surface area (Å²) in [5.74, 6) is -0.317. The summed E-state index contributed by atoms with van der Waals surface area (Å²) < 4.78 is 0. The van der Waals surface area contributed by atoms with E-state index in [4.69, 9.17) is 0 Å². The third-order valence-electron chi connectivity index (χ3n) is 4.17. The maximum Gasteiger partial charge on any atom is 0.231 e. The first-order valence-corrected chi connectivity index (χ1v) is 9.15. The van der Waals surface area contributed by atoms with Gasteiger partial charge in [0.2, 0.25) is 11.8 Å². The molecule has 24 heavy (non-hydrogen) atoms. The molecule has 1 saturated heterocycles. The van der Waals surface area contributed by atoms with Crippen LogP contribution in [-0.4, -0.2) is 34.8 Å². The standard InChI is InChI=1S/C18H21N3O2S/c1-2-3-9-21-11-14(10-16(21)22)17(23)20-18-19-15(12-24-18)13-7-5-4-6-8-13/h4-8,12,14H,2-3,9-11H2,1H3,(H,19,20,23). The Morgan fingerprint density at radius 1 is 1.38 bits per heavy atom. The Morgan fingerprint density at radius 3 is 2.92 bits per heavy atom. The molecule has 2 amide bonds. The number of hydrogen-bond donors (Lipinski definition) is 1. The van der Waals surface area contributed by atoms with Gasteiger partial charge in [0, 0.05) is 30.5 Å². The van der Waals surface area contributed by atoms with Crippen LogP contribution in [0.3, 0.4) is 0 Å². The van der Waals surface area contributed by atoms with E-state index in [9.17, 15) is 9.59 Å². The highest BCUT2D eigenvalue weighted by Crippen LogP contribution is 2.26. The Kier molecular flexibility index (Phi) is 5.25. The molecule has 0 saturated carbocycles. The predicted molar refractivity (Wildman–Crippen MR) is 95.8 cm³/mol. The lowest BCUT2D eigenvalue weighted by Crippen LogP contribution is -2.29. The number of thiazole rings is 1. The molecule has 3 rings (SSSR count). The first kappa shape index (κ1) is 16.6. The maximum absolute atomic E-state index is 12.4. The summed E-state index contributed by atoms with van der Waals surface area (Å²) in [6.07, 6.45) is 2.32. The Balaban J connectivity index is 1.60. The van der Waals surface area contributed by atoms with E-state index in [-0.39, 0.29) is 17.7 Å². The smallest absolute Gasteiger partial charge is 0.231 e. The molecule has 1 N–H and O–H groups in total. The summed E-state index contributed by atoms with van der Waals surface area (Å²) in [4.78, 5) is 30.6. The van der Waals surface area contributed by atoms with Crippen molar-refractivity contribution in [1.29, 1.82) is 0 Å².